The van der Waals surface area contributed by atoms with E-state index in [1.165, 1.54) is 5.47 Å². The normalized spacial score (nSPS) is 27.0. The van der Waals surface area contributed by atoms with Gasteiger partial charge in [0.15, 0.2) is 0 Å². The van der Waals surface area contributed by atoms with Gasteiger partial charge in [-0.1, -0.05) is 6.08 Å². The zero-order valence-electron chi connectivity index (χ0n) is 17.5. The van der Waals surface area contributed by atoms with Crippen molar-refractivity contribution in [3.8, 4) is 0 Å². The number of hydrogen-bond donors (Lipinski definition) is 0. The highest BCUT2D eigenvalue weighted by atomic mass is 16.7. The first-order valence-corrected chi connectivity index (χ1v) is 9.85. The molecule has 1 aliphatic carbocycles. The summed E-state index contributed by atoms with van der Waals surface area (Å²) in [6.45, 7) is 15.6. The van der Waals surface area contributed by atoms with Crippen LogP contribution in [-0.4, -0.2) is 48.0 Å². The second-order valence-corrected chi connectivity index (χ2v) is 10.2. The minimum atomic E-state index is -0.439. The van der Waals surface area contributed by atoms with Gasteiger partial charge in [-0.05, 0) is 85.0 Å². The van der Waals surface area contributed by atoms with E-state index in [0.717, 1.165) is 38.8 Å². The van der Waals surface area contributed by atoms with Gasteiger partial charge in [-0.3, -0.25) is 0 Å². The highest BCUT2D eigenvalue weighted by Gasteiger charge is 2.54. The van der Waals surface area contributed by atoms with Crippen molar-refractivity contribution in [3.05, 3.63) is 11.5 Å². The van der Waals surface area contributed by atoms with E-state index in [1.807, 2.05) is 25.7 Å². The van der Waals surface area contributed by atoms with Gasteiger partial charge < -0.3 is 18.9 Å². The number of allylic oxidation sites excluding steroid dienone is 2. The number of carbonyl (C=O) groups excluding carboxylic acids is 1. The molecule has 0 radical (unpaired) electrons. The van der Waals surface area contributed by atoms with Crippen molar-refractivity contribution >= 4 is 13.2 Å². The van der Waals surface area contributed by atoms with Crippen LogP contribution in [0.15, 0.2) is 11.5 Å². The van der Waals surface area contributed by atoms with E-state index in [9.17, 15) is 4.79 Å². The lowest BCUT2D eigenvalue weighted by Crippen LogP contribution is -2.44. The third-order valence-electron chi connectivity index (χ3n) is 6.41. The average molecular weight is 363 g/mol. The summed E-state index contributed by atoms with van der Waals surface area (Å²) in [6, 6.07) is 0. The minimum Gasteiger partial charge on any atom is -0.444 e. The van der Waals surface area contributed by atoms with Crippen molar-refractivity contribution in [2.75, 3.05) is 13.1 Å². The number of piperidine rings is 1. The third-order valence-corrected chi connectivity index (χ3v) is 6.41. The molecule has 0 aromatic rings. The first-order chi connectivity index (χ1) is 11.8. The van der Waals surface area contributed by atoms with Crippen LogP contribution >= 0.6 is 0 Å². The monoisotopic (exact) mass is 363 g/mol. The first-order valence-electron chi connectivity index (χ1n) is 9.85. The summed E-state index contributed by atoms with van der Waals surface area (Å²) in [6.07, 6.45) is 6.19. The third kappa shape index (κ3) is 3.82. The lowest BCUT2D eigenvalue weighted by Gasteiger charge is -2.40. The molecule has 2 heterocycles. The molecular weight excluding hydrogens is 329 g/mol. The highest BCUT2D eigenvalue weighted by molar-refractivity contribution is 6.54. The van der Waals surface area contributed by atoms with Crippen LogP contribution in [0.2, 0.25) is 0 Å². The lowest BCUT2D eigenvalue weighted by atomic mass is 9.70. The van der Waals surface area contributed by atoms with E-state index in [1.54, 1.807) is 0 Å². The number of nitrogens with zero attached hydrogens (tertiary/aromatic N) is 1. The Hall–Kier alpha value is -1.01. The average Bonchev–Trinajstić information content (AvgIpc) is 2.97. The maximum atomic E-state index is 12.3. The Morgan fingerprint density at radius 2 is 1.65 bits per heavy atom. The van der Waals surface area contributed by atoms with Gasteiger partial charge in [0, 0.05) is 13.1 Å². The molecule has 0 unspecified atom stereocenters. The standard InChI is InChI=1S/C20H34BNO4/c1-17(2,3)24-16(23)22-12-10-20(11-13-22)9-8-15(14-20)21-25-18(4,5)19(6,7)26-21/h8H,9-14H2,1-7H3. The van der Waals surface area contributed by atoms with Gasteiger partial charge in [-0.2, -0.15) is 0 Å². The molecule has 2 fully saturated rings. The Balaban J connectivity index is 1.56. The molecule has 0 N–H and O–H groups in total. The van der Waals surface area contributed by atoms with Gasteiger partial charge in [0.1, 0.15) is 5.60 Å². The maximum Gasteiger partial charge on any atom is 0.490 e. The van der Waals surface area contributed by atoms with Crippen LogP contribution in [0.5, 0.6) is 0 Å². The molecule has 0 atom stereocenters. The molecule has 2 saturated heterocycles. The van der Waals surface area contributed by atoms with Crippen LogP contribution in [-0.2, 0) is 14.0 Å². The number of likely N-dealkylation sites (tertiary alicyclic amines) is 1. The van der Waals surface area contributed by atoms with Crippen LogP contribution in [0.4, 0.5) is 4.79 Å². The molecule has 0 saturated carbocycles. The fourth-order valence-electron chi connectivity index (χ4n) is 3.97. The van der Waals surface area contributed by atoms with Crippen LogP contribution in [0, 0.1) is 5.41 Å². The van der Waals surface area contributed by atoms with E-state index < -0.39 is 5.60 Å². The fourth-order valence-corrected chi connectivity index (χ4v) is 3.97. The molecule has 5 nitrogen and oxygen atoms in total. The summed E-state index contributed by atoms with van der Waals surface area (Å²) >= 11 is 0. The summed E-state index contributed by atoms with van der Waals surface area (Å²) < 4.78 is 18.0. The SMILES string of the molecule is CC(C)(C)OC(=O)N1CCC2(CC=C(B3OC(C)(C)C(C)(C)O3)C2)CC1. The van der Waals surface area contributed by atoms with Gasteiger partial charge in [0.25, 0.3) is 0 Å². The molecule has 2 aliphatic heterocycles. The predicted octanol–water partition coefficient (Wildman–Crippen LogP) is 4.36. The Morgan fingerprint density at radius 3 is 2.15 bits per heavy atom. The predicted molar refractivity (Wildman–Crippen MR) is 103 cm³/mol. The zero-order chi connectivity index (χ0) is 19.4. The molecule has 1 spiro atoms. The molecule has 0 aromatic carbocycles. The Bertz CT molecular complexity index is 581. The van der Waals surface area contributed by atoms with Crippen molar-refractivity contribution in [3.63, 3.8) is 0 Å². The summed E-state index contributed by atoms with van der Waals surface area (Å²) in [5.41, 5.74) is 0.486. The molecule has 6 heteroatoms. The van der Waals surface area contributed by atoms with Gasteiger partial charge in [0.2, 0.25) is 0 Å². The van der Waals surface area contributed by atoms with Crippen LogP contribution in [0.3, 0.4) is 0 Å². The number of hydrogen-bond acceptors (Lipinski definition) is 4. The molecule has 3 aliphatic rings. The largest absolute Gasteiger partial charge is 0.490 e. The molecule has 3 rings (SSSR count). The number of ether oxygens (including phenoxy) is 1. The summed E-state index contributed by atoms with van der Waals surface area (Å²) in [5, 5.41) is 0. The molecule has 0 aromatic heterocycles. The smallest absolute Gasteiger partial charge is 0.444 e. The summed E-state index contributed by atoms with van der Waals surface area (Å²) in [4.78, 5) is 14.1. The minimum absolute atomic E-state index is 0.190. The van der Waals surface area contributed by atoms with Crippen molar-refractivity contribution in [2.45, 2.75) is 91.0 Å². The second kappa shape index (κ2) is 6.27. The second-order valence-electron chi connectivity index (χ2n) is 10.2. The molecule has 26 heavy (non-hydrogen) atoms. The number of rotatable bonds is 1. The fraction of sp³-hybridized carbons (Fsp3) is 0.850. The number of amides is 1. The van der Waals surface area contributed by atoms with Gasteiger partial charge in [-0.25, -0.2) is 4.79 Å². The van der Waals surface area contributed by atoms with Gasteiger partial charge in [-0.15, -0.1) is 0 Å². The van der Waals surface area contributed by atoms with E-state index >= 15 is 0 Å². The van der Waals surface area contributed by atoms with E-state index in [4.69, 9.17) is 14.0 Å². The first kappa shape index (κ1) is 19.7. The van der Waals surface area contributed by atoms with Crippen LogP contribution < -0.4 is 0 Å². The molecule has 146 valence electrons. The van der Waals surface area contributed by atoms with E-state index in [-0.39, 0.29) is 29.8 Å². The van der Waals surface area contributed by atoms with Crippen molar-refractivity contribution < 1.29 is 18.8 Å². The Kier molecular flexibility index (Phi) is 4.76. The highest BCUT2D eigenvalue weighted by Crippen LogP contribution is 2.49. The van der Waals surface area contributed by atoms with Crippen molar-refractivity contribution in [1.29, 1.82) is 0 Å². The summed E-state index contributed by atoms with van der Waals surface area (Å²) in [5.74, 6) is 0. The van der Waals surface area contributed by atoms with Crippen molar-refractivity contribution in [1.82, 2.24) is 4.90 Å². The molecule has 0 bridgehead atoms. The quantitative estimate of drug-likeness (QED) is 0.650. The maximum absolute atomic E-state index is 12.3. The molecular formula is C20H34BNO4. The van der Waals surface area contributed by atoms with E-state index in [2.05, 4.69) is 33.8 Å². The number of carbonyl (C=O) groups is 1. The summed E-state index contributed by atoms with van der Waals surface area (Å²) in [7, 11) is -0.233. The van der Waals surface area contributed by atoms with Gasteiger partial charge in [0.05, 0.1) is 11.2 Å². The topological polar surface area (TPSA) is 48.0 Å². The Labute approximate surface area is 158 Å². The Morgan fingerprint density at radius 1 is 1.12 bits per heavy atom. The molecule has 1 amide bonds. The zero-order valence-corrected chi connectivity index (χ0v) is 17.5. The lowest BCUT2D eigenvalue weighted by molar-refractivity contribution is 0.00578. The van der Waals surface area contributed by atoms with Gasteiger partial charge >= 0.3 is 13.2 Å². The van der Waals surface area contributed by atoms with E-state index in [0.29, 0.717) is 0 Å². The van der Waals surface area contributed by atoms with Crippen molar-refractivity contribution in [2.24, 2.45) is 5.41 Å². The van der Waals surface area contributed by atoms with Crippen LogP contribution in [0.25, 0.3) is 0 Å². The van der Waals surface area contributed by atoms with Crippen LogP contribution in [0.1, 0.15) is 74.1 Å².